The van der Waals surface area contributed by atoms with Crippen LogP contribution in [0.1, 0.15) is 12.5 Å². The third-order valence-corrected chi connectivity index (χ3v) is 6.77. The summed E-state index contributed by atoms with van der Waals surface area (Å²) in [5.74, 6) is -21.1. The van der Waals surface area contributed by atoms with Gasteiger partial charge < -0.3 is 14.2 Å². The number of alkyl halides is 16. The largest absolute Gasteiger partial charge is 0.475 e. The van der Waals surface area contributed by atoms with Crippen LogP contribution in [0, 0.1) is 6.92 Å². The van der Waals surface area contributed by atoms with Crippen molar-refractivity contribution in [2.45, 2.75) is 59.1 Å². The zero-order chi connectivity index (χ0) is 31.8. The standard InChI is InChI=1S/C22H12Br2F14O3/c1-9-3-4-10(7-13(9)40-21(35,36)19(23,31)32)11-5-6-12(14(8-11)41-22(37,38)20(24,33)34)39-18(30)15(2,25)16(26,27)17(18,28)29/h3-8H,1-2H3. The molecule has 2 aromatic carbocycles. The smallest absolute Gasteiger partial charge is 0.446 e. The van der Waals surface area contributed by atoms with Crippen LogP contribution >= 0.6 is 31.9 Å². The molecule has 19 heteroatoms. The number of benzene rings is 2. The van der Waals surface area contributed by atoms with Crippen LogP contribution in [0.25, 0.3) is 11.1 Å². The minimum atomic E-state index is -5.90. The van der Waals surface area contributed by atoms with Gasteiger partial charge in [-0.25, -0.2) is 4.39 Å². The Morgan fingerprint density at radius 3 is 1.46 bits per heavy atom. The van der Waals surface area contributed by atoms with Crippen molar-refractivity contribution in [3.05, 3.63) is 42.0 Å². The van der Waals surface area contributed by atoms with E-state index >= 15 is 0 Å². The molecule has 2 unspecified atom stereocenters. The Morgan fingerprint density at radius 1 is 0.610 bits per heavy atom. The Morgan fingerprint density at radius 2 is 1.02 bits per heavy atom. The highest BCUT2D eigenvalue weighted by Gasteiger charge is 2.99. The van der Waals surface area contributed by atoms with E-state index in [0.29, 0.717) is 12.1 Å². The normalized spacial score (nSPS) is 24.4. The molecule has 0 saturated heterocycles. The average molecular weight is 750 g/mol. The SMILES string of the molecule is Cc1ccc(-c2ccc(OC3(F)C(C)(F)C(F)(F)C3(F)F)c(OC(F)(F)C(F)(F)Br)c2)cc1OC(F)(F)C(F)(F)Br. The van der Waals surface area contributed by atoms with Crippen LogP contribution in [0.5, 0.6) is 17.2 Å². The molecule has 2 aromatic rings. The number of aryl methyl sites for hydroxylation is 1. The van der Waals surface area contributed by atoms with Gasteiger partial charge in [-0.1, -0.05) is 18.2 Å². The van der Waals surface area contributed by atoms with Gasteiger partial charge in [0.05, 0.1) is 0 Å². The van der Waals surface area contributed by atoms with Crippen LogP contribution in [-0.2, 0) is 0 Å². The van der Waals surface area contributed by atoms with E-state index in [-0.39, 0.29) is 30.2 Å². The monoisotopic (exact) mass is 748 g/mol. The second-order valence-electron chi connectivity index (χ2n) is 8.72. The zero-order valence-corrected chi connectivity index (χ0v) is 22.9. The molecule has 1 aliphatic rings. The molecule has 0 bridgehead atoms. The highest BCUT2D eigenvalue weighted by atomic mass is 79.9. The van der Waals surface area contributed by atoms with Gasteiger partial charge in [0, 0.05) is 31.9 Å². The zero-order valence-electron chi connectivity index (χ0n) is 19.7. The molecule has 0 heterocycles. The predicted molar refractivity (Wildman–Crippen MR) is 119 cm³/mol. The third kappa shape index (κ3) is 5.18. The summed E-state index contributed by atoms with van der Waals surface area (Å²) in [6.45, 7) is 0.787. The molecule has 230 valence electrons. The Balaban J connectivity index is 2.13. The topological polar surface area (TPSA) is 27.7 Å². The van der Waals surface area contributed by atoms with Crippen molar-refractivity contribution in [2.75, 3.05) is 0 Å². The molecule has 0 radical (unpaired) electrons. The average Bonchev–Trinajstić information content (AvgIpc) is 2.79. The minimum absolute atomic E-state index is 0.179. The minimum Gasteiger partial charge on any atom is -0.446 e. The summed E-state index contributed by atoms with van der Waals surface area (Å²) >= 11 is 2.72. The first-order chi connectivity index (χ1) is 18.1. The predicted octanol–water partition coefficient (Wildman–Crippen LogP) is 9.64. The van der Waals surface area contributed by atoms with E-state index in [1.165, 1.54) is 31.9 Å². The van der Waals surface area contributed by atoms with Gasteiger partial charge in [-0.2, -0.15) is 57.1 Å². The van der Waals surface area contributed by atoms with E-state index in [4.69, 9.17) is 0 Å². The van der Waals surface area contributed by atoms with E-state index in [1.54, 1.807) is 0 Å². The van der Waals surface area contributed by atoms with Gasteiger partial charge in [-0.05, 0) is 48.7 Å². The van der Waals surface area contributed by atoms with Crippen molar-refractivity contribution in [3.63, 3.8) is 0 Å². The van der Waals surface area contributed by atoms with Crippen molar-refractivity contribution in [3.8, 4) is 28.4 Å². The maximum Gasteiger partial charge on any atom is 0.475 e. The summed E-state index contributed by atoms with van der Waals surface area (Å²) in [4.78, 5) is -10.1. The number of ether oxygens (including phenoxy) is 3. The van der Waals surface area contributed by atoms with Gasteiger partial charge in [0.25, 0.3) is 5.67 Å². The Hall–Kier alpha value is -2.18. The molecule has 3 rings (SSSR count). The fourth-order valence-electron chi connectivity index (χ4n) is 3.38. The van der Waals surface area contributed by atoms with E-state index in [1.807, 2.05) is 0 Å². The van der Waals surface area contributed by atoms with Gasteiger partial charge in [0.2, 0.25) is 0 Å². The fraction of sp³-hybridized carbons (Fsp3) is 0.455. The third-order valence-electron chi connectivity index (χ3n) is 5.84. The van der Waals surface area contributed by atoms with Gasteiger partial charge in [-0.3, -0.25) is 0 Å². The van der Waals surface area contributed by atoms with E-state index in [9.17, 15) is 61.5 Å². The lowest BCUT2D eigenvalue weighted by molar-refractivity contribution is -0.480. The number of hydrogen-bond donors (Lipinski definition) is 0. The molecule has 0 aromatic heterocycles. The molecule has 0 spiro atoms. The molecule has 41 heavy (non-hydrogen) atoms. The van der Waals surface area contributed by atoms with E-state index < -0.39 is 68.1 Å². The van der Waals surface area contributed by atoms with Crippen molar-refractivity contribution in [2.24, 2.45) is 0 Å². The van der Waals surface area contributed by atoms with E-state index in [2.05, 4.69) is 14.2 Å². The second kappa shape index (κ2) is 9.67. The van der Waals surface area contributed by atoms with Crippen LogP contribution in [-0.4, -0.2) is 45.2 Å². The quantitative estimate of drug-likeness (QED) is 0.189. The Labute approximate surface area is 237 Å². The number of halogens is 16. The first-order valence-corrected chi connectivity index (χ1v) is 12.1. The van der Waals surface area contributed by atoms with Crippen LogP contribution in [0.3, 0.4) is 0 Å². The van der Waals surface area contributed by atoms with Crippen LogP contribution in [0.15, 0.2) is 36.4 Å². The lowest BCUT2D eigenvalue weighted by Crippen LogP contribution is -2.86. The van der Waals surface area contributed by atoms with Crippen LogP contribution < -0.4 is 14.2 Å². The first kappa shape index (κ1) is 33.3. The molecular weight excluding hydrogens is 738 g/mol. The number of hydrogen-bond acceptors (Lipinski definition) is 3. The summed E-state index contributed by atoms with van der Waals surface area (Å²) < 4.78 is 204. The molecular formula is C22H12Br2F14O3. The van der Waals surface area contributed by atoms with Crippen molar-refractivity contribution < 1.29 is 75.7 Å². The van der Waals surface area contributed by atoms with Crippen molar-refractivity contribution in [1.82, 2.24) is 0 Å². The molecule has 0 aliphatic heterocycles. The van der Waals surface area contributed by atoms with Gasteiger partial charge in [0.1, 0.15) is 5.75 Å². The second-order valence-corrected chi connectivity index (χ2v) is 10.7. The molecule has 0 N–H and O–H groups in total. The lowest BCUT2D eigenvalue weighted by Gasteiger charge is -2.55. The molecule has 3 nitrogen and oxygen atoms in total. The molecule has 1 fully saturated rings. The van der Waals surface area contributed by atoms with Crippen molar-refractivity contribution >= 4 is 31.9 Å². The summed E-state index contributed by atoms with van der Waals surface area (Å²) in [5, 5.41) is 0. The van der Waals surface area contributed by atoms with Crippen LogP contribution in [0.2, 0.25) is 0 Å². The maximum absolute atomic E-state index is 14.9. The number of rotatable bonds is 9. The summed E-state index contributed by atoms with van der Waals surface area (Å²) in [6, 6.07) is 3.79. The van der Waals surface area contributed by atoms with Gasteiger partial charge in [0.15, 0.2) is 11.5 Å². The van der Waals surface area contributed by atoms with Crippen molar-refractivity contribution in [1.29, 1.82) is 0 Å². The molecule has 1 saturated carbocycles. The maximum atomic E-state index is 14.9. The molecule has 1 aliphatic carbocycles. The Bertz CT molecular complexity index is 1300. The first-order valence-electron chi connectivity index (χ1n) is 10.5. The fourth-order valence-corrected chi connectivity index (χ4v) is 3.54. The summed E-state index contributed by atoms with van der Waals surface area (Å²) in [7, 11) is 0. The highest BCUT2D eigenvalue weighted by molar-refractivity contribution is 9.10. The Kier molecular flexibility index (Phi) is 7.86. The summed E-state index contributed by atoms with van der Waals surface area (Å²) in [6.07, 6.45) is -10.7. The lowest BCUT2D eigenvalue weighted by atomic mass is 9.69. The molecule has 2 atom stereocenters. The van der Waals surface area contributed by atoms with Gasteiger partial charge >= 0.3 is 39.6 Å². The van der Waals surface area contributed by atoms with Crippen LogP contribution in [0.4, 0.5) is 61.5 Å². The molecule has 0 amide bonds. The summed E-state index contributed by atoms with van der Waals surface area (Å²) in [5.41, 5.74) is -5.84. The van der Waals surface area contributed by atoms with Gasteiger partial charge in [-0.15, -0.1) is 0 Å². The van der Waals surface area contributed by atoms with E-state index in [0.717, 1.165) is 19.1 Å². The highest BCUT2D eigenvalue weighted by Crippen LogP contribution is 2.68.